The molecule has 1 heterocycles. The Balaban J connectivity index is 2.18. The summed E-state index contributed by atoms with van der Waals surface area (Å²) in [6.07, 6.45) is 1.37. The van der Waals surface area contributed by atoms with Gasteiger partial charge in [0.2, 0.25) is 0 Å². The van der Waals surface area contributed by atoms with Crippen LogP contribution in [0.25, 0.3) is 0 Å². The van der Waals surface area contributed by atoms with Crippen molar-refractivity contribution in [2.45, 2.75) is 26.3 Å². The summed E-state index contributed by atoms with van der Waals surface area (Å²) < 4.78 is 0. The monoisotopic (exact) mass is 189 g/mol. The van der Waals surface area contributed by atoms with Gasteiger partial charge in [-0.05, 0) is 31.0 Å². The SMILES string of the molecule is CC(C)C(c1ccccc1)N1CCC1. The van der Waals surface area contributed by atoms with Crippen molar-refractivity contribution in [3.05, 3.63) is 35.9 Å². The smallest absolute Gasteiger partial charge is 0.0371 e. The highest BCUT2D eigenvalue weighted by molar-refractivity contribution is 5.20. The molecule has 76 valence electrons. The van der Waals surface area contributed by atoms with Gasteiger partial charge in [-0.1, -0.05) is 44.2 Å². The van der Waals surface area contributed by atoms with Crippen molar-refractivity contribution in [2.24, 2.45) is 5.92 Å². The predicted molar refractivity (Wildman–Crippen MR) is 60.2 cm³/mol. The van der Waals surface area contributed by atoms with Crippen molar-refractivity contribution < 1.29 is 0 Å². The highest BCUT2D eigenvalue weighted by Gasteiger charge is 2.27. The van der Waals surface area contributed by atoms with Crippen LogP contribution in [-0.4, -0.2) is 18.0 Å². The maximum absolute atomic E-state index is 2.58. The van der Waals surface area contributed by atoms with Gasteiger partial charge in [0.25, 0.3) is 0 Å². The van der Waals surface area contributed by atoms with E-state index in [0.717, 1.165) is 0 Å². The molecule has 0 bridgehead atoms. The van der Waals surface area contributed by atoms with E-state index >= 15 is 0 Å². The minimum Gasteiger partial charge on any atom is -0.296 e. The van der Waals surface area contributed by atoms with Crippen LogP contribution in [0.1, 0.15) is 31.9 Å². The summed E-state index contributed by atoms with van der Waals surface area (Å²) in [6, 6.07) is 11.5. The van der Waals surface area contributed by atoms with E-state index in [-0.39, 0.29) is 0 Å². The summed E-state index contributed by atoms with van der Waals surface area (Å²) in [7, 11) is 0. The third-order valence-electron chi connectivity index (χ3n) is 3.06. The van der Waals surface area contributed by atoms with E-state index in [1.807, 2.05) is 0 Å². The molecule has 1 aromatic carbocycles. The average Bonchev–Trinajstić information content (AvgIpc) is 2.12. The Kier molecular flexibility index (Phi) is 2.87. The van der Waals surface area contributed by atoms with E-state index in [0.29, 0.717) is 12.0 Å². The molecule has 0 saturated carbocycles. The number of rotatable bonds is 3. The molecular formula is C13H19N. The molecule has 0 radical (unpaired) electrons. The van der Waals surface area contributed by atoms with Crippen LogP contribution in [-0.2, 0) is 0 Å². The van der Waals surface area contributed by atoms with E-state index in [4.69, 9.17) is 0 Å². The average molecular weight is 189 g/mol. The molecule has 0 amide bonds. The van der Waals surface area contributed by atoms with E-state index in [1.54, 1.807) is 0 Å². The maximum Gasteiger partial charge on any atom is 0.0371 e. The van der Waals surface area contributed by atoms with Crippen LogP contribution in [0, 0.1) is 5.92 Å². The van der Waals surface area contributed by atoms with Gasteiger partial charge in [0.05, 0.1) is 0 Å². The molecule has 1 aliphatic heterocycles. The topological polar surface area (TPSA) is 3.24 Å². The largest absolute Gasteiger partial charge is 0.296 e. The van der Waals surface area contributed by atoms with Gasteiger partial charge < -0.3 is 0 Å². The molecule has 1 atom stereocenters. The lowest BCUT2D eigenvalue weighted by Gasteiger charge is -2.41. The molecule has 0 aromatic heterocycles. The van der Waals surface area contributed by atoms with Gasteiger partial charge in [-0.15, -0.1) is 0 Å². The predicted octanol–water partition coefficient (Wildman–Crippen LogP) is 3.09. The van der Waals surface area contributed by atoms with Gasteiger partial charge in [-0.25, -0.2) is 0 Å². The van der Waals surface area contributed by atoms with Crippen LogP contribution in [0.4, 0.5) is 0 Å². The van der Waals surface area contributed by atoms with E-state index in [1.165, 1.54) is 25.1 Å². The summed E-state index contributed by atoms with van der Waals surface area (Å²) in [5.74, 6) is 0.706. The fourth-order valence-corrected chi connectivity index (χ4v) is 2.29. The Hall–Kier alpha value is -0.820. The van der Waals surface area contributed by atoms with Crippen LogP contribution in [0.5, 0.6) is 0 Å². The molecule has 2 rings (SSSR count). The molecule has 1 fully saturated rings. The lowest BCUT2D eigenvalue weighted by atomic mass is 9.92. The molecule has 1 aliphatic rings. The molecule has 0 spiro atoms. The van der Waals surface area contributed by atoms with Crippen molar-refractivity contribution in [3.8, 4) is 0 Å². The van der Waals surface area contributed by atoms with Gasteiger partial charge >= 0.3 is 0 Å². The first-order chi connectivity index (χ1) is 6.79. The number of benzene rings is 1. The molecular weight excluding hydrogens is 170 g/mol. The Morgan fingerprint density at radius 2 is 1.71 bits per heavy atom. The maximum atomic E-state index is 2.58. The van der Waals surface area contributed by atoms with Crippen LogP contribution >= 0.6 is 0 Å². The zero-order valence-electron chi connectivity index (χ0n) is 9.11. The van der Waals surface area contributed by atoms with Crippen molar-refractivity contribution in [2.75, 3.05) is 13.1 Å². The second-order valence-electron chi connectivity index (χ2n) is 4.49. The second-order valence-corrected chi connectivity index (χ2v) is 4.49. The summed E-state index contributed by atoms with van der Waals surface area (Å²) in [5.41, 5.74) is 1.47. The molecule has 1 unspecified atom stereocenters. The summed E-state index contributed by atoms with van der Waals surface area (Å²) in [4.78, 5) is 2.58. The zero-order chi connectivity index (χ0) is 9.97. The van der Waals surface area contributed by atoms with E-state index < -0.39 is 0 Å². The van der Waals surface area contributed by atoms with Gasteiger partial charge in [0.1, 0.15) is 0 Å². The van der Waals surface area contributed by atoms with Crippen LogP contribution in [0.3, 0.4) is 0 Å². The first-order valence-electron chi connectivity index (χ1n) is 5.58. The highest BCUT2D eigenvalue weighted by Crippen LogP contribution is 2.31. The first-order valence-corrected chi connectivity index (χ1v) is 5.58. The molecule has 0 aliphatic carbocycles. The molecule has 1 nitrogen and oxygen atoms in total. The standard InChI is InChI=1S/C13H19N/c1-11(2)13(14-9-6-10-14)12-7-4-3-5-8-12/h3-5,7-8,11,13H,6,9-10H2,1-2H3. The third-order valence-corrected chi connectivity index (χ3v) is 3.06. The first kappa shape index (κ1) is 9.72. The van der Waals surface area contributed by atoms with Gasteiger partial charge in [-0.3, -0.25) is 4.90 Å². The van der Waals surface area contributed by atoms with Crippen molar-refractivity contribution >= 4 is 0 Å². The van der Waals surface area contributed by atoms with E-state index in [9.17, 15) is 0 Å². The minimum absolute atomic E-state index is 0.630. The lowest BCUT2D eigenvalue weighted by molar-refractivity contribution is 0.0874. The molecule has 14 heavy (non-hydrogen) atoms. The van der Waals surface area contributed by atoms with Crippen LogP contribution < -0.4 is 0 Å². The summed E-state index contributed by atoms with van der Waals surface area (Å²) in [6.45, 7) is 7.18. The Morgan fingerprint density at radius 3 is 2.14 bits per heavy atom. The molecule has 1 heteroatoms. The van der Waals surface area contributed by atoms with Crippen molar-refractivity contribution in [3.63, 3.8) is 0 Å². The van der Waals surface area contributed by atoms with Crippen LogP contribution in [0.2, 0.25) is 0 Å². The van der Waals surface area contributed by atoms with E-state index in [2.05, 4.69) is 49.1 Å². The zero-order valence-corrected chi connectivity index (χ0v) is 9.11. The second kappa shape index (κ2) is 4.14. The van der Waals surface area contributed by atoms with Crippen molar-refractivity contribution in [1.29, 1.82) is 0 Å². The number of hydrogen-bond donors (Lipinski definition) is 0. The molecule has 1 saturated heterocycles. The normalized spacial score (nSPS) is 19.4. The third kappa shape index (κ3) is 1.83. The summed E-state index contributed by atoms with van der Waals surface area (Å²) in [5, 5.41) is 0. The van der Waals surface area contributed by atoms with Gasteiger partial charge in [0, 0.05) is 6.04 Å². The Morgan fingerprint density at radius 1 is 1.07 bits per heavy atom. The quantitative estimate of drug-likeness (QED) is 0.706. The minimum atomic E-state index is 0.630. The van der Waals surface area contributed by atoms with Crippen LogP contribution in [0.15, 0.2) is 30.3 Å². The summed E-state index contributed by atoms with van der Waals surface area (Å²) >= 11 is 0. The lowest BCUT2D eigenvalue weighted by Crippen LogP contribution is -2.42. The Bertz CT molecular complexity index is 275. The van der Waals surface area contributed by atoms with Gasteiger partial charge in [0.15, 0.2) is 0 Å². The molecule has 0 N–H and O–H groups in total. The molecule has 1 aromatic rings. The number of likely N-dealkylation sites (tertiary alicyclic amines) is 1. The number of nitrogens with zero attached hydrogens (tertiary/aromatic N) is 1. The van der Waals surface area contributed by atoms with Gasteiger partial charge in [-0.2, -0.15) is 0 Å². The fraction of sp³-hybridized carbons (Fsp3) is 0.538. The highest BCUT2D eigenvalue weighted by atomic mass is 15.2. The Labute approximate surface area is 86.7 Å². The number of hydrogen-bond acceptors (Lipinski definition) is 1. The fourth-order valence-electron chi connectivity index (χ4n) is 2.29. The van der Waals surface area contributed by atoms with Crippen molar-refractivity contribution in [1.82, 2.24) is 4.90 Å².